The van der Waals surface area contributed by atoms with Crippen molar-refractivity contribution in [1.82, 2.24) is 4.98 Å². The summed E-state index contributed by atoms with van der Waals surface area (Å²) in [6.07, 6.45) is -0.292. The lowest BCUT2D eigenvalue weighted by Gasteiger charge is -2.10. The Morgan fingerprint density at radius 3 is 2.53 bits per heavy atom. The fourth-order valence-electron chi connectivity index (χ4n) is 1.65. The van der Waals surface area contributed by atoms with E-state index in [-0.39, 0.29) is 5.75 Å². The van der Waals surface area contributed by atoms with E-state index < -0.39 is 12.7 Å². The molecule has 0 fully saturated rings. The molecule has 102 valence electrons. The smallest absolute Gasteiger partial charge is 0.387 e. The van der Waals surface area contributed by atoms with Gasteiger partial charge in [0.05, 0.1) is 11.1 Å². The standard InChI is InChI=1S/C13H13F2NO2S/c1-8-7-19-12(16-8)6-11(17)9-2-4-10(5-3-9)18-13(14)15/h2-5,7,11,13,17H,6H2,1H3. The van der Waals surface area contributed by atoms with E-state index in [1.807, 2.05) is 12.3 Å². The Morgan fingerprint density at radius 1 is 1.32 bits per heavy atom. The molecular weight excluding hydrogens is 272 g/mol. The molecule has 1 atom stereocenters. The van der Waals surface area contributed by atoms with Crippen LogP contribution in [0.2, 0.25) is 0 Å². The third-order valence-electron chi connectivity index (χ3n) is 2.52. The first-order valence-corrected chi connectivity index (χ1v) is 6.56. The van der Waals surface area contributed by atoms with E-state index in [9.17, 15) is 13.9 Å². The van der Waals surface area contributed by atoms with Crippen LogP contribution in [-0.2, 0) is 6.42 Å². The molecule has 3 nitrogen and oxygen atoms in total. The number of aromatic nitrogens is 1. The third kappa shape index (κ3) is 3.97. The first kappa shape index (κ1) is 13.9. The molecule has 1 aromatic heterocycles. The average molecular weight is 285 g/mol. The van der Waals surface area contributed by atoms with Gasteiger partial charge in [-0.25, -0.2) is 4.98 Å². The summed E-state index contributed by atoms with van der Waals surface area (Å²) in [6.45, 7) is -0.947. The molecule has 0 amide bonds. The van der Waals surface area contributed by atoms with Crippen LogP contribution in [0.1, 0.15) is 22.4 Å². The number of hydrogen-bond acceptors (Lipinski definition) is 4. The Bertz CT molecular complexity index is 528. The van der Waals surface area contributed by atoms with E-state index in [0.29, 0.717) is 12.0 Å². The summed E-state index contributed by atoms with van der Waals surface area (Å²) in [5.41, 5.74) is 1.57. The number of aliphatic hydroxyl groups excluding tert-OH is 1. The molecule has 6 heteroatoms. The zero-order valence-electron chi connectivity index (χ0n) is 10.2. The Hall–Kier alpha value is -1.53. The van der Waals surface area contributed by atoms with Crippen LogP contribution in [0.3, 0.4) is 0 Å². The van der Waals surface area contributed by atoms with Crippen LogP contribution in [0.25, 0.3) is 0 Å². The van der Waals surface area contributed by atoms with Crippen molar-refractivity contribution < 1.29 is 18.6 Å². The van der Waals surface area contributed by atoms with Crippen LogP contribution in [0, 0.1) is 6.92 Å². The molecule has 1 aromatic carbocycles. The molecule has 0 bridgehead atoms. The van der Waals surface area contributed by atoms with Crippen molar-refractivity contribution in [3.8, 4) is 5.75 Å². The molecule has 0 radical (unpaired) electrons. The maximum atomic E-state index is 12.0. The number of hydrogen-bond donors (Lipinski definition) is 1. The highest BCUT2D eigenvalue weighted by Crippen LogP contribution is 2.23. The summed E-state index contributed by atoms with van der Waals surface area (Å²) in [4.78, 5) is 4.27. The van der Waals surface area contributed by atoms with Crippen molar-refractivity contribution in [3.63, 3.8) is 0 Å². The maximum absolute atomic E-state index is 12.0. The molecule has 2 rings (SSSR count). The van der Waals surface area contributed by atoms with Gasteiger partial charge in [0, 0.05) is 17.5 Å². The summed E-state index contributed by atoms with van der Waals surface area (Å²) in [5.74, 6) is 0.0797. The highest BCUT2D eigenvalue weighted by molar-refractivity contribution is 7.09. The highest BCUT2D eigenvalue weighted by atomic mass is 32.1. The highest BCUT2D eigenvalue weighted by Gasteiger charge is 2.12. The van der Waals surface area contributed by atoms with Crippen LogP contribution in [-0.4, -0.2) is 16.7 Å². The van der Waals surface area contributed by atoms with Crippen molar-refractivity contribution in [2.24, 2.45) is 0 Å². The fourth-order valence-corrected chi connectivity index (χ4v) is 2.46. The predicted molar refractivity (Wildman–Crippen MR) is 68.6 cm³/mol. The van der Waals surface area contributed by atoms with Gasteiger partial charge >= 0.3 is 6.61 Å². The zero-order valence-corrected chi connectivity index (χ0v) is 11.0. The van der Waals surface area contributed by atoms with E-state index in [0.717, 1.165) is 10.7 Å². The molecule has 2 aromatic rings. The van der Waals surface area contributed by atoms with Crippen molar-refractivity contribution in [1.29, 1.82) is 0 Å². The minimum Gasteiger partial charge on any atom is -0.435 e. The van der Waals surface area contributed by atoms with Gasteiger partial charge in [-0.05, 0) is 24.6 Å². The van der Waals surface area contributed by atoms with E-state index in [1.54, 1.807) is 12.1 Å². The molecule has 0 saturated carbocycles. The van der Waals surface area contributed by atoms with Gasteiger partial charge in [-0.2, -0.15) is 8.78 Å². The molecule has 1 unspecified atom stereocenters. The monoisotopic (exact) mass is 285 g/mol. The number of benzene rings is 1. The quantitative estimate of drug-likeness (QED) is 0.916. The summed E-state index contributed by atoms with van der Waals surface area (Å²) in [6, 6.07) is 5.97. The molecule has 0 aliphatic heterocycles. The Labute approximate surface area is 113 Å². The molecule has 0 aliphatic carbocycles. The number of thiazole rings is 1. The number of aryl methyl sites for hydroxylation is 1. The number of alkyl halides is 2. The maximum Gasteiger partial charge on any atom is 0.387 e. The van der Waals surface area contributed by atoms with Crippen molar-refractivity contribution >= 4 is 11.3 Å². The molecular formula is C13H13F2NO2S. The topological polar surface area (TPSA) is 42.4 Å². The Balaban J connectivity index is 2.01. The van der Waals surface area contributed by atoms with Crippen LogP contribution >= 0.6 is 11.3 Å². The summed E-state index contributed by atoms with van der Waals surface area (Å²) in [5, 5.41) is 12.8. The Kier molecular flexibility index (Phi) is 4.44. The van der Waals surface area contributed by atoms with Gasteiger partial charge in [-0.3, -0.25) is 0 Å². The lowest BCUT2D eigenvalue weighted by atomic mass is 10.1. The van der Waals surface area contributed by atoms with Gasteiger partial charge in [-0.15, -0.1) is 11.3 Å². The van der Waals surface area contributed by atoms with Gasteiger partial charge in [0.1, 0.15) is 5.75 Å². The number of halogens is 2. The first-order valence-electron chi connectivity index (χ1n) is 5.68. The molecule has 19 heavy (non-hydrogen) atoms. The molecule has 0 saturated heterocycles. The van der Waals surface area contributed by atoms with Crippen molar-refractivity contribution in [2.45, 2.75) is 26.1 Å². The number of ether oxygens (including phenoxy) is 1. The van der Waals surface area contributed by atoms with E-state index in [4.69, 9.17) is 0 Å². The SMILES string of the molecule is Cc1csc(CC(O)c2ccc(OC(F)F)cc2)n1. The van der Waals surface area contributed by atoms with E-state index in [2.05, 4.69) is 9.72 Å². The summed E-state index contributed by atoms with van der Waals surface area (Å²) in [7, 11) is 0. The minimum atomic E-state index is -2.84. The van der Waals surface area contributed by atoms with Gasteiger partial charge in [0.25, 0.3) is 0 Å². The van der Waals surface area contributed by atoms with Gasteiger partial charge in [-0.1, -0.05) is 12.1 Å². The van der Waals surface area contributed by atoms with Crippen LogP contribution in [0.4, 0.5) is 8.78 Å². The number of aliphatic hydroxyl groups is 1. The lowest BCUT2D eigenvalue weighted by molar-refractivity contribution is -0.0498. The van der Waals surface area contributed by atoms with E-state index in [1.165, 1.54) is 23.5 Å². The third-order valence-corrected chi connectivity index (χ3v) is 3.51. The molecule has 1 heterocycles. The fraction of sp³-hybridized carbons (Fsp3) is 0.308. The lowest BCUT2D eigenvalue weighted by Crippen LogP contribution is -2.04. The largest absolute Gasteiger partial charge is 0.435 e. The number of rotatable bonds is 5. The second-order valence-electron chi connectivity index (χ2n) is 4.05. The van der Waals surface area contributed by atoms with Crippen molar-refractivity contribution in [2.75, 3.05) is 0 Å². The number of nitrogens with zero attached hydrogens (tertiary/aromatic N) is 1. The normalized spacial score (nSPS) is 12.7. The van der Waals surface area contributed by atoms with Gasteiger partial charge in [0.15, 0.2) is 0 Å². The minimum absolute atomic E-state index is 0.0797. The zero-order chi connectivity index (χ0) is 13.8. The molecule has 0 spiro atoms. The van der Waals surface area contributed by atoms with E-state index >= 15 is 0 Å². The first-order chi connectivity index (χ1) is 9.04. The second kappa shape index (κ2) is 6.08. The van der Waals surface area contributed by atoms with Crippen LogP contribution < -0.4 is 4.74 Å². The van der Waals surface area contributed by atoms with Gasteiger partial charge < -0.3 is 9.84 Å². The summed E-state index contributed by atoms with van der Waals surface area (Å²) < 4.78 is 28.2. The molecule has 1 N–H and O–H groups in total. The van der Waals surface area contributed by atoms with Crippen molar-refractivity contribution in [3.05, 3.63) is 45.9 Å². The van der Waals surface area contributed by atoms with Crippen LogP contribution in [0.5, 0.6) is 5.75 Å². The predicted octanol–water partition coefficient (Wildman–Crippen LogP) is 3.33. The second-order valence-corrected chi connectivity index (χ2v) is 4.99. The van der Waals surface area contributed by atoms with Gasteiger partial charge in [0.2, 0.25) is 0 Å². The molecule has 0 aliphatic rings. The average Bonchev–Trinajstić information content (AvgIpc) is 2.75. The summed E-state index contributed by atoms with van der Waals surface area (Å²) >= 11 is 1.49. The van der Waals surface area contributed by atoms with Crippen LogP contribution in [0.15, 0.2) is 29.6 Å². The Morgan fingerprint density at radius 2 is 2.00 bits per heavy atom.